The third kappa shape index (κ3) is 3.12. The van der Waals surface area contributed by atoms with E-state index in [0.717, 1.165) is 11.1 Å². The molecule has 0 saturated carbocycles. The summed E-state index contributed by atoms with van der Waals surface area (Å²) in [6, 6.07) is 7.83. The summed E-state index contributed by atoms with van der Waals surface area (Å²) in [5.41, 5.74) is 7.02. The maximum atomic E-state index is 9.02. The molecule has 0 saturated heterocycles. The molecule has 1 aromatic rings. The molecule has 0 aliphatic rings. The van der Waals surface area contributed by atoms with Crippen LogP contribution in [0.3, 0.4) is 0 Å². The van der Waals surface area contributed by atoms with Gasteiger partial charge in [-0.15, -0.1) is 12.4 Å². The summed E-state index contributed by atoms with van der Waals surface area (Å²) in [7, 11) is 0. The van der Waals surface area contributed by atoms with Gasteiger partial charge in [0, 0.05) is 11.1 Å². The Morgan fingerprint density at radius 1 is 1.44 bits per heavy atom. The molecule has 4 heteroatoms. The summed E-state index contributed by atoms with van der Waals surface area (Å²) in [6.45, 7) is 5.60. The van der Waals surface area contributed by atoms with Gasteiger partial charge in [0.05, 0.1) is 11.5 Å². The van der Waals surface area contributed by atoms with Crippen molar-refractivity contribution < 1.29 is 0 Å². The molecule has 1 atom stereocenters. The summed E-state index contributed by atoms with van der Waals surface area (Å²) in [5.74, 6) is 0. The highest BCUT2D eigenvalue weighted by Crippen LogP contribution is 2.30. The molecule has 2 N–H and O–H groups in total. The van der Waals surface area contributed by atoms with Crippen LogP contribution in [0.2, 0.25) is 5.02 Å². The summed E-state index contributed by atoms with van der Waals surface area (Å²) in [5, 5.41) is 9.62. The van der Waals surface area contributed by atoms with Crippen molar-refractivity contribution in [2.75, 3.05) is 0 Å². The van der Waals surface area contributed by atoms with Crippen molar-refractivity contribution in [2.24, 2.45) is 5.73 Å². The lowest BCUT2D eigenvalue weighted by Crippen LogP contribution is -2.15. The lowest BCUT2D eigenvalue weighted by molar-refractivity contribution is 0.685. The van der Waals surface area contributed by atoms with E-state index >= 15 is 0 Å². The fraction of sp³-hybridized carbons (Fsp3) is 0.417. The van der Waals surface area contributed by atoms with Gasteiger partial charge in [0.25, 0.3) is 0 Å². The minimum Gasteiger partial charge on any atom is -0.324 e. The van der Waals surface area contributed by atoms with Crippen molar-refractivity contribution in [2.45, 2.75) is 32.2 Å². The van der Waals surface area contributed by atoms with E-state index in [2.05, 4.69) is 6.07 Å². The molecular weight excluding hydrogens is 243 g/mol. The van der Waals surface area contributed by atoms with Crippen LogP contribution in [-0.2, 0) is 5.41 Å². The lowest BCUT2D eigenvalue weighted by atomic mass is 9.85. The molecule has 0 aliphatic carbocycles. The van der Waals surface area contributed by atoms with Gasteiger partial charge < -0.3 is 5.73 Å². The van der Waals surface area contributed by atoms with E-state index in [0.29, 0.717) is 5.02 Å². The molecule has 16 heavy (non-hydrogen) atoms. The molecule has 0 spiro atoms. The number of nitrogens with two attached hydrogens (primary N) is 1. The monoisotopic (exact) mass is 258 g/mol. The van der Waals surface area contributed by atoms with Gasteiger partial charge >= 0.3 is 0 Å². The highest BCUT2D eigenvalue weighted by atomic mass is 35.5. The van der Waals surface area contributed by atoms with E-state index in [9.17, 15) is 0 Å². The van der Waals surface area contributed by atoms with Crippen LogP contribution >= 0.6 is 24.0 Å². The average molecular weight is 259 g/mol. The number of nitriles is 1. The van der Waals surface area contributed by atoms with E-state index in [4.69, 9.17) is 22.6 Å². The largest absolute Gasteiger partial charge is 0.324 e. The molecule has 1 unspecified atom stereocenters. The molecule has 88 valence electrons. The predicted octanol–water partition coefficient (Wildman–Crippen LogP) is 3.58. The third-order valence-corrected chi connectivity index (χ3v) is 2.78. The van der Waals surface area contributed by atoms with Gasteiger partial charge in [-0.25, -0.2) is 0 Å². The van der Waals surface area contributed by atoms with E-state index < -0.39 is 5.41 Å². The standard InChI is InChI=1S/C12H15ClN2.ClH/c1-8(15)9-4-5-10(11(13)6-9)12(2,3)7-14;/h4-6,8H,15H2,1-3H3;1H. The number of nitrogens with zero attached hydrogens (tertiary/aromatic N) is 1. The number of hydrogen-bond acceptors (Lipinski definition) is 2. The summed E-state index contributed by atoms with van der Waals surface area (Å²) in [4.78, 5) is 0. The Hall–Kier alpha value is -0.750. The van der Waals surface area contributed by atoms with Crippen LogP contribution in [0.1, 0.15) is 37.9 Å². The van der Waals surface area contributed by atoms with Gasteiger partial charge in [-0.2, -0.15) is 5.26 Å². The lowest BCUT2D eigenvalue weighted by Gasteiger charge is -2.18. The van der Waals surface area contributed by atoms with Gasteiger partial charge in [-0.3, -0.25) is 0 Å². The second-order valence-electron chi connectivity index (χ2n) is 4.26. The Balaban J connectivity index is 0.00000225. The summed E-state index contributed by atoms with van der Waals surface area (Å²) < 4.78 is 0. The number of halogens is 2. The van der Waals surface area contributed by atoms with Crippen molar-refractivity contribution in [1.82, 2.24) is 0 Å². The molecule has 2 nitrogen and oxygen atoms in total. The van der Waals surface area contributed by atoms with Gasteiger partial charge in [-0.05, 0) is 38.0 Å². The summed E-state index contributed by atoms with van der Waals surface area (Å²) in [6.07, 6.45) is 0. The first kappa shape index (κ1) is 15.2. The predicted molar refractivity (Wildman–Crippen MR) is 69.9 cm³/mol. The zero-order chi connectivity index (χ0) is 11.6. The van der Waals surface area contributed by atoms with Crippen molar-refractivity contribution >= 4 is 24.0 Å². The maximum absolute atomic E-state index is 9.02. The molecule has 0 heterocycles. The maximum Gasteiger partial charge on any atom is 0.0780 e. The van der Waals surface area contributed by atoms with Gasteiger partial charge in [0.1, 0.15) is 0 Å². The third-order valence-electron chi connectivity index (χ3n) is 2.47. The van der Waals surface area contributed by atoms with E-state index in [1.165, 1.54) is 0 Å². The highest BCUT2D eigenvalue weighted by molar-refractivity contribution is 6.31. The molecule has 1 aromatic carbocycles. The topological polar surface area (TPSA) is 49.8 Å². The van der Waals surface area contributed by atoms with Gasteiger partial charge in [-0.1, -0.05) is 23.7 Å². The van der Waals surface area contributed by atoms with E-state index in [1.807, 2.05) is 39.0 Å². The SMILES string of the molecule is CC(N)c1ccc(C(C)(C)C#N)c(Cl)c1.Cl. The van der Waals surface area contributed by atoms with Crippen LogP contribution in [0, 0.1) is 11.3 Å². The normalized spacial score (nSPS) is 12.5. The minimum atomic E-state index is -0.562. The van der Waals surface area contributed by atoms with Crippen molar-refractivity contribution in [3.05, 3.63) is 34.3 Å². The van der Waals surface area contributed by atoms with E-state index in [-0.39, 0.29) is 18.4 Å². The second kappa shape index (κ2) is 5.54. The molecule has 0 amide bonds. The Morgan fingerprint density at radius 2 is 2.00 bits per heavy atom. The zero-order valence-electron chi connectivity index (χ0n) is 9.62. The summed E-state index contributed by atoms with van der Waals surface area (Å²) >= 11 is 6.13. The Morgan fingerprint density at radius 3 is 2.38 bits per heavy atom. The van der Waals surface area contributed by atoms with Crippen LogP contribution in [0.15, 0.2) is 18.2 Å². The molecular formula is C12H16Cl2N2. The van der Waals surface area contributed by atoms with Crippen molar-refractivity contribution in [3.8, 4) is 6.07 Å². The minimum absolute atomic E-state index is 0. The number of benzene rings is 1. The highest BCUT2D eigenvalue weighted by Gasteiger charge is 2.22. The van der Waals surface area contributed by atoms with E-state index in [1.54, 1.807) is 0 Å². The van der Waals surface area contributed by atoms with Crippen LogP contribution in [-0.4, -0.2) is 0 Å². The van der Waals surface area contributed by atoms with Crippen molar-refractivity contribution in [1.29, 1.82) is 5.26 Å². The average Bonchev–Trinajstić information content (AvgIpc) is 2.17. The number of hydrogen-bond donors (Lipinski definition) is 1. The van der Waals surface area contributed by atoms with Crippen LogP contribution < -0.4 is 5.73 Å². The molecule has 0 aromatic heterocycles. The molecule has 0 radical (unpaired) electrons. The fourth-order valence-electron chi connectivity index (χ4n) is 1.38. The fourth-order valence-corrected chi connectivity index (χ4v) is 1.81. The quantitative estimate of drug-likeness (QED) is 0.882. The molecule has 0 bridgehead atoms. The van der Waals surface area contributed by atoms with Crippen LogP contribution in [0.4, 0.5) is 0 Å². The first-order valence-corrected chi connectivity index (χ1v) is 5.23. The van der Waals surface area contributed by atoms with Crippen molar-refractivity contribution in [3.63, 3.8) is 0 Å². The first-order chi connectivity index (χ1) is 6.88. The Labute approximate surface area is 108 Å². The Kier molecular flexibility index (Phi) is 5.28. The first-order valence-electron chi connectivity index (χ1n) is 4.85. The molecule has 1 rings (SSSR count). The van der Waals surface area contributed by atoms with Gasteiger partial charge in [0.15, 0.2) is 0 Å². The Bertz CT molecular complexity index is 406. The smallest absolute Gasteiger partial charge is 0.0780 e. The second-order valence-corrected chi connectivity index (χ2v) is 4.67. The molecule has 0 fully saturated rings. The van der Waals surface area contributed by atoms with Gasteiger partial charge in [0.2, 0.25) is 0 Å². The van der Waals surface area contributed by atoms with Crippen LogP contribution in [0.25, 0.3) is 0 Å². The zero-order valence-corrected chi connectivity index (χ0v) is 11.2. The number of rotatable bonds is 2. The van der Waals surface area contributed by atoms with Crippen LogP contribution in [0.5, 0.6) is 0 Å². The molecule has 0 aliphatic heterocycles.